The molecular weight excluding hydrogens is 278 g/mol. The minimum atomic E-state index is 0.0814. The van der Waals surface area contributed by atoms with E-state index < -0.39 is 0 Å². The molecule has 0 aliphatic carbocycles. The summed E-state index contributed by atoms with van der Waals surface area (Å²) in [5, 5.41) is 0. The van der Waals surface area contributed by atoms with Crippen molar-refractivity contribution < 1.29 is 4.79 Å². The van der Waals surface area contributed by atoms with Gasteiger partial charge in [-0.2, -0.15) is 15.0 Å². The quantitative estimate of drug-likeness (QED) is 0.716. The van der Waals surface area contributed by atoms with E-state index in [1.54, 1.807) is 6.07 Å². The van der Waals surface area contributed by atoms with E-state index in [4.69, 9.17) is 11.5 Å². The summed E-state index contributed by atoms with van der Waals surface area (Å²) in [6.45, 7) is 0. The highest BCUT2D eigenvalue weighted by Gasteiger charge is 2.07. The summed E-state index contributed by atoms with van der Waals surface area (Å²) in [7, 11) is 0. The first kappa shape index (κ1) is 13.7. The molecule has 0 unspecified atom stereocenters. The number of nitrogens with two attached hydrogens (primary N) is 2. The number of aromatic nitrogens is 3. The Kier molecular flexibility index (Phi) is 3.49. The van der Waals surface area contributed by atoms with E-state index >= 15 is 0 Å². The van der Waals surface area contributed by atoms with E-state index in [0.717, 1.165) is 23.0 Å². The summed E-state index contributed by atoms with van der Waals surface area (Å²) >= 11 is 0. The van der Waals surface area contributed by atoms with E-state index in [9.17, 15) is 4.79 Å². The number of nitrogens with zero attached hydrogens (tertiary/aromatic N) is 3. The van der Waals surface area contributed by atoms with Gasteiger partial charge in [0.15, 0.2) is 12.1 Å². The number of hydrogen-bond donors (Lipinski definition) is 2. The van der Waals surface area contributed by atoms with Crippen LogP contribution in [-0.2, 0) is 0 Å². The van der Waals surface area contributed by atoms with Gasteiger partial charge in [0, 0.05) is 11.1 Å². The third kappa shape index (κ3) is 2.62. The van der Waals surface area contributed by atoms with Gasteiger partial charge in [-0.3, -0.25) is 4.79 Å². The first-order valence-corrected chi connectivity index (χ1v) is 6.59. The topological polar surface area (TPSA) is 108 Å². The average Bonchev–Trinajstić information content (AvgIpc) is 2.54. The third-order valence-electron chi connectivity index (χ3n) is 3.21. The van der Waals surface area contributed by atoms with E-state index in [1.807, 2.05) is 42.5 Å². The molecule has 2 aromatic carbocycles. The Morgan fingerprint density at radius 2 is 1.36 bits per heavy atom. The van der Waals surface area contributed by atoms with Gasteiger partial charge in [0.25, 0.3) is 0 Å². The van der Waals surface area contributed by atoms with Crippen LogP contribution in [0.4, 0.5) is 11.9 Å². The van der Waals surface area contributed by atoms with Crippen LogP contribution in [-0.4, -0.2) is 21.2 Å². The van der Waals surface area contributed by atoms with Crippen molar-refractivity contribution in [3.63, 3.8) is 0 Å². The van der Waals surface area contributed by atoms with Crippen molar-refractivity contribution >= 4 is 18.2 Å². The van der Waals surface area contributed by atoms with Gasteiger partial charge in [0.05, 0.1) is 0 Å². The lowest BCUT2D eigenvalue weighted by atomic mass is 9.99. The maximum Gasteiger partial charge on any atom is 0.225 e. The fraction of sp³-hybridized carbons (Fsp3) is 0. The van der Waals surface area contributed by atoms with Crippen LogP contribution in [0, 0.1) is 0 Å². The van der Waals surface area contributed by atoms with Gasteiger partial charge >= 0.3 is 0 Å². The first-order chi connectivity index (χ1) is 10.7. The molecule has 6 nitrogen and oxygen atoms in total. The summed E-state index contributed by atoms with van der Waals surface area (Å²) in [4.78, 5) is 23.0. The Labute approximate surface area is 126 Å². The third-order valence-corrected chi connectivity index (χ3v) is 3.21. The number of carbonyl (C=O) groups is 1. The molecule has 22 heavy (non-hydrogen) atoms. The van der Waals surface area contributed by atoms with E-state index in [2.05, 4.69) is 15.0 Å². The predicted octanol–water partition coefficient (Wildman–Crippen LogP) is 2.18. The van der Waals surface area contributed by atoms with Crippen LogP contribution in [0.1, 0.15) is 10.4 Å². The number of hydrogen-bond acceptors (Lipinski definition) is 6. The lowest BCUT2D eigenvalue weighted by molar-refractivity contribution is 0.112. The minimum absolute atomic E-state index is 0.0814. The molecule has 0 aliphatic heterocycles. The number of carbonyl (C=O) groups excluding carboxylic acids is 1. The number of rotatable bonds is 3. The zero-order valence-electron chi connectivity index (χ0n) is 11.6. The average molecular weight is 291 g/mol. The number of anilines is 2. The van der Waals surface area contributed by atoms with Gasteiger partial charge in [0.2, 0.25) is 11.9 Å². The molecule has 0 bridgehead atoms. The lowest BCUT2D eigenvalue weighted by Crippen LogP contribution is -2.04. The lowest BCUT2D eigenvalue weighted by Gasteiger charge is -2.06. The molecule has 0 fully saturated rings. The second kappa shape index (κ2) is 5.61. The zero-order chi connectivity index (χ0) is 15.5. The van der Waals surface area contributed by atoms with Crippen molar-refractivity contribution in [1.82, 2.24) is 15.0 Å². The molecule has 108 valence electrons. The summed E-state index contributed by atoms with van der Waals surface area (Å²) in [6, 6.07) is 14.9. The van der Waals surface area contributed by atoms with Gasteiger partial charge < -0.3 is 11.5 Å². The molecular formula is C16H13N5O. The SMILES string of the molecule is Nc1nc(N)nc(-c2ccc(-c3ccccc3C=O)cc2)n1. The normalized spacial score (nSPS) is 10.4. The zero-order valence-corrected chi connectivity index (χ0v) is 11.6. The van der Waals surface area contributed by atoms with Crippen molar-refractivity contribution in [2.45, 2.75) is 0 Å². The fourth-order valence-corrected chi connectivity index (χ4v) is 2.20. The fourth-order valence-electron chi connectivity index (χ4n) is 2.20. The van der Waals surface area contributed by atoms with Crippen LogP contribution in [0.2, 0.25) is 0 Å². The monoisotopic (exact) mass is 291 g/mol. The molecule has 3 aromatic rings. The molecule has 0 atom stereocenters. The Morgan fingerprint density at radius 1 is 0.773 bits per heavy atom. The Balaban J connectivity index is 2.01. The second-order valence-electron chi connectivity index (χ2n) is 4.66. The number of aldehydes is 1. The molecule has 0 amide bonds. The van der Waals surface area contributed by atoms with Crippen LogP contribution in [0.25, 0.3) is 22.5 Å². The molecule has 1 heterocycles. The van der Waals surface area contributed by atoms with E-state index in [1.165, 1.54) is 0 Å². The summed E-state index contributed by atoms with van der Waals surface area (Å²) in [6.07, 6.45) is 0.844. The molecule has 3 rings (SSSR count). The number of nitrogen functional groups attached to an aromatic ring is 2. The van der Waals surface area contributed by atoms with Crippen LogP contribution >= 0.6 is 0 Å². The summed E-state index contributed by atoms with van der Waals surface area (Å²) in [5.74, 6) is 0.580. The molecule has 6 heteroatoms. The maximum atomic E-state index is 11.1. The van der Waals surface area contributed by atoms with Crippen LogP contribution < -0.4 is 11.5 Å². The van der Waals surface area contributed by atoms with Gasteiger partial charge in [-0.05, 0) is 11.1 Å². The molecule has 0 spiro atoms. The highest BCUT2D eigenvalue weighted by molar-refractivity contribution is 5.87. The van der Waals surface area contributed by atoms with Crippen LogP contribution in [0.3, 0.4) is 0 Å². The second-order valence-corrected chi connectivity index (χ2v) is 4.66. The van der Waals surface area contributed by atoms with Crippen molar-refractivity contribution in [2.24, 2.45) is 0 Å². The van der Waals surface area contributed by atoms with Crippen molar-refractivity contribution in [1.29, 1.82) is 0 Å². The Bertz CT molecular complexity index is 810. The first-order valence-electron chi connectivity index (χ1n) is 6.59. The maximum absolute atomic E-state index is 11.1. The van der Waals surface area contributed by atoms with Gasteiger partial charge in [-0.25, -0.2) is 0 Å². The Hall–Kier alpha value is -3.28. The molecule has 4 N–H and O–H groups in total. The van der Waals surface area contributed by atoms with Gasteiger partial charge in [-0.1, -0.05) is 48.5 Å². The van der Waals surface area contributed by atoms with Crippen molar-refractivity contribution in [3.8, 4) is 22.5 Å². The molecule has 0 radical (unpaired) electrons. The van der Waals surface area contributed by atoms with Crippen LogP contribution in [0.5, 0.6) is 0 Å². The molecule has 0 saturated carbocycles. The summed E-state index contributed by atoms with van der Waals surface area (Å²) < 4.78 is 0. The standard InChI is InChI=1S/C16H13N5O/c17-15-19-14(20-16(18)21-15)11-7-5-10(6-8-11)13-4-2-1-3-12(13)9-22/h1-9H,(H4,17,18,19,20,21). The molecule has 0 saturated heterocycles. The van der Waals surface area contributed by atoms with Crippen molar-refractivity contribution in [3.05, 3.63) is 54.1 Å². The van der Waals surface area contributed by atoms with Gasteiger partial charge in [-0.15, -0.1) is 0 Å². The molecule has 1 aromatic heterocycles. The smallest absolute Gasteiger partial charge is 0.225 e. The van der Waals surface area contributed by atoms with Crippen molar-refractivity contribution in [2.75, 3.05) is 11.5 Å². The highest BCUT2D eigenvalue weighted by atomic mass is 16.1. The van der Waals surface area contributed by atoms with E-state index in [0.29, 0.717) is 11.4 Å². The Morgan fingerprint density at radius 3 is 2.00 bits per heavy atom. The number of benzene rings is 2. The highest BCUT2D eigenvalue weighted by Crippen LogP contribution is 2.25. The predicted molar refractivity (Wildman–Crippen MR) is 84.9 cm³/mol. The summed E-state index contributed by atoms with van der Waals surface area (Å²) in [5.41, 5.74) is 14.4. The van der Waals surface area contributed by atoms with Gasteiger partial charge in [0.1, 0.15) is 0 Å². The molecule has 0 aliphatic rings. The van der Waals surface area contributed by atoms with E-state index in [-0.39, 0.29) is 11.9 Å². The minimum Gasteiger partial charge on any atom is -0.368 e. The van der Waals surface area contributed by atoms with Crippen LogP contribution in [0.15, 0.2) is 48.5 Å². The largest absolute Gasteiger partial charge is 0.368 e.